The number of rotatable bonds is 6. The Kier molecular flexibility index (Phi) is 6.21. The van der Waals surface area contributed by atoms with Gasteiger partial charge in [0.1, 0.15) is 0 Å². The van der Waals surface area contributed by atoms with Crippen molar-refractivity contribution < 1.29 is 9.59 Å². The summed E-state index contributed by atoms with van der Waals surface area (Å²) in [5.74, 6) is -0.245. The average molecular weight is 346 g/mol. The molecule has 0 unspecified atom stereocenters. The average Bonchev–Trinajstić information content (AvgIpc) is 2.55. The first-order valence-electron chi connectivity index (χ1n) is 7.58. The van der Waals surface area contributed by atoms with E-state index in [4.69, 9.17) is 11.6 Å². The lowest BCUT2D eigenvalue weighted by Crippen LogP contribution is -2.29. The zero-order valence-electron chi connectivity index (χ0n) is 13.7. The number of hydrogen-bond donors (Lipinski definition) is 3. The lowest BCUT2D eigenvalue weighted by Gasteiger charge is -2.13. The maximum absolute atomic E-state index is 12.0. The van der Waals surface area contributed by atoms with Gasteiger partial charge < -0.3 is 16.0 Å². The summed E-state index contributed by atoms with van der Waals surface area (Å²) in [5.41, 5.74) is 3.41. The summed E-state index contributed by atoms with van der Waals surface area (Å²) in [6.45, 7) is 3.95. The Balaban J connectivity index is 1.87. The van der Waals surface area contributed by atoms with Crippen LogP contribution in [0.4, 0.5) is 11.4 Å². The van der Waals surface area contributed by atoms with Crippen LogP contribution >= 0.6 is 11.6 Å². The van der Waals surface area contributed by atoms with Crippen molar-refractivity contribution in [2.45, 2.75) is 20.4 Å². The molecule has 24 heavy (non-hydrogen) atoms. The zero-order chi connectivity index (χ0) is 17.5. The normalized spacial score (nSPS) is 10.1. The monoisotopic (exact) mass is 345 g/mol. The molecule has 126 valence electrons. The maximum atomic E-state index is 12.0. The highest BCUT2D eigenvalue weighted by molar-refractivity contribution is 6.30. The van der Waals surface area contributed by atoms with Crippen molar-refractivity contribution in [3.63, 3.8) is 0 Å². The van der Waals surface area contributed by atoms with Crippen molar-refractivity contribution in [1.82, 2.24) is 5.32 Å². The number of halogens is 1. The standard InChI is InChI=1S/C18H20ClN3O2/c1-12-16(4-3-5-17(12)22-13(2)23)20-11-18(24)21-10-14-6-8-15(19)9-7-14/h3-9,20H,10-11H2,1-2H3,(H,21,24)(H,22,23). The summed E-state index contributed by atoms with van der Waals surface area (Å²) < 4.78 is 0. The van der Waals surface area contributed by atoms with Gasteiger partial charge in [0.25, 0.3) is 0 Å². The van der Waals surface area contributed by atoms with Crippen LogP contribution in [0.3, 0.4) is 0 Å². The number of benzene rings is 2. The Hall–Kier alpha value is -2.53. The smallest absolute Gasteiger partial charge is 0.239 e. The van der Waals surface area contributed by atoms with Crippen LogP contribution in [0.1, 0.15) is 18.1 Å². The van der Waals surface area contributed by atoms with Crippen molar-refractivity contribution in [2.75, 3.05) is 17.2 Å². The van der Waals surface area contributed by atoms with Gasteiger partial charge in [0, 0.05) is 29.9 Å². The van der Waals surface area contributed by atoms with E-state index in [9.17, 15) is 9.59 Å². The number of amides is 2. The van der Waals surface area contributed by atoms with E-state index < -0.39 is 0 Å². The summed E-state index contributed by atoms with van der Waals surface area (Å²) in [6, 6.07) is 12.8. The predicted octanol–water partition coefficient (Wildman–Crippen LogP) is 3.34. The van der Waals surface area contributed by atoms with Crippen molar-refractivity contribution >= 4 is 34.8 Å². The van der Waals surface area contributed by atoms with Gasteiger partial charge in [0.05, 0.1) is 6.54 Å². The highest BCUT2D eigenvalue weighted by atomic mass is 35.5. The van der Waals surface area contributed by atoms with E-state index in [1.54, 1.807) is 12.1 Å². The minimum atomic E-state index is -0.129. The highest BCUT2D eigenvalue weighted by Crippen LogP contribution is 2.23. The second-order valence-electron chi connectivity index (χ2n) is 5.42. The molecule has 0 saturated heterocycles. The first-order chi connectivity index (χ1) is 11.5. The Labute approximate surface area is 146 Å². The molecule has 0 saturated carbocycles. The van der Waals surface area contributed by atoms with Gasteiger partial charge in [0.2, 0.25) is 11.8 Å². The van der Waals surface area contributed by atoms with Crippen molar-refractivity contribution in [3.8, 4) is 0 Å². The van der Waals surface area contributed by atoms with Gasteiger partial charge in [-0.3, -0.25) is 9.59 Å². The Morgan fingerprint density at radius 1 is 1.04 bits per heavy atom. The van der Waals surface area contributed by atoms with Gasteiger partial charge in [-0.15, -0.1) is 0 Å². The fourth-order valence-electron chi connectivity index (χ4n) is 2.19. The van der Waals surface area contributed by atoms with Gasteiger partial charge in [-0.1, -0.05) is 29.8 Å². The minimum Gasteiger partial charge on any atom is -0.376 e. The summed E-state index contributed by atoms with van der Waals surface area (Å²) >= 11 is 5.83. The molecule has 3 N–H and O–H groups in total. The molecule has 0 aliphatic rings. The van der Waals surface area contributed by atoms with Crippen LogP contribution in [0.2, 0.25) is 5.02 Å². The molecule has 0 bridgehead atoms. The second-order valence-corrected chi connectivity index (χ2v) is 5.85. The molecule has 0 aromatic heterocycles. The van der Waals surface area contributed by atoms with E-state index in [0.29, 0.717) is 11.6 Å². The van der Waals surface area contributed by atoms with Gasteiger partial charge in [-0.2, -0.15) is 0 Å². The second kappa shape index (κ2) is 8.36. The molecular weight excluding hydrogens is 326 g/mol. The van der Waals surface area contributed by atoms with Crippen LogP contribution < -0.4 is 16.0 Å². The molecule has 0 aliphatic carbocycles. The van der Waals surface area contributed by atoms with Crippen LogP contribution in [0, 0.1) is 6.92 Å². The number of carbonyl (C=O) groups is 2. The molecule has 6 heteroatoms. The zero-order valence-corrected chi connectivity index (χ0v) is 14.4. The van der Waals surface area contributed by atoms with Gasteiger partial charge in [0.15, 0.2) is 0 Å². The third-order valence-corrected chi connectivity index (χ3v) is 3.74. The topological polar surface area (TPSA) is 70.2 Å². The van der Waals surface area contributed by atoms with E-state index in [2.05, 4.69) is 16.0 Å². The molecule has 2 aromatic carbocycles. The SMILES string of the molecule is CC(=O)Nc1cccc(NCC(=O)NCc2ccc(Cl)cc2)c1C. The van der Waals surface area contributed by atoms with Gasteiger partial charge in [-0.05, 0) is 42.3 Å². The summed E-state index contributed by atoms with van der Waals surface area (Å²) in [7, 11) is 0. The van der Waals surface area contributed by atoms with Crippen molar-refractivity contribution in [3.05, 3.63) is 58.6 Å². The fraction of sp³-hybridized carbons (Fsp3) is 0.222. The third-order valence-electron chi connectivity index (χ3n) is 3.49. The predicted molar refractivity (Wildman–Crippen MR) is 97.3 cm³/mol. The van der Waals surface area contributed by atoms with Crippen LogP contribution in [0.15, 0.2) is 42.5 Å². The molecule has 2 amide bonds. The molecule has 0 radical (unpaired) electrons. The van der Waals surface area contributed by atoms with Crippen LogP contribution in [-0.4, -0.2) is 18.4 Å². The van der Waals surface area contributed by atoms with Crippen LogP contribution in [0.5, 0.6) is 0 Å². The van der Waals surface area contributed by atoms with E-state index in [1.807, 2.05) is 37.3 Å². The third kappa shape index (κ3) is 5.28. The van der Waals surface area contributed by atoms with Crippen molar-refractivity contribution in [1.29, 1.82) is 0 Å². The van der Waals surface area contributed by atoms with E-state index >= 15 is 0 Å². The molecule has 0 heterocycles. The minimum absolute atomic E-state index is 0.116. The van der Waals surface area contributed by atoms with Crippen molar-refractivity contribution in [2.24, 2.45) is 0 Å². The Bertz CT molecular complexity index is 730. The lowest BCUT2D eigenvalue weighted by atomic mass is 10.1. The van der Waals surface area contributed by atoms with E-state index in [0.717, 1.165) is 22.5 Å². The molecule has 5 nitrogen and oxygen atoms in total. The summed E-state index contributed by atoms with van der Waals surface area (Å²) in [5, 5.41) is 9.36. The highest BCUT2D eigenvalue weighted by Gasteiger charge is 2.07. The summed E-state index contributed by atoms with van der Waals surface area (Å²) in [6.07, 6.45) is 0. The van der Waals surface area contributed by atoms with Gasteiger partial charge >= 0.3 is 0 Å². The van der Waals surface area contributed by atoms with E-state index in [-0.39, 0.29) is 18.4 Å². The number of hydrogen-bond acceptors (Lipinski definition) is 3. The maximum Gasteiger partial charge on any atom is 0.239 e. The first kappa shape index (κ1) is 17.8. The number of nitrogens with one attached hydrogen (secondary N) is 3. The summed E-state index contributed by atoms with van der Waals surface area (Å²) in [4.78, 5) is 23.1. The number of carbonyl (C=O) groups excluding carboxylic acids is 2. The quantitative estimate of drug-likeness (QED) is 0.752. The van der Waals surface area contributed by atoms with Crippen LogP contribution in [-0.2, 0) is 16.1 Å². The lowest BCUT2D eigenvalue weighted by molar-refractivity contribution is -0.119. The Morgan fingerprint density at radius 3 is 2.38 bits per heavy atom. The molecule has 0 fully saturated rings. The molecule has 2 rings (SSSR count). The van der Waals surface area contributed by atoms with Gasteiger partial charge in [-0.25, -0.2) is 0 Å². The molecule has 0 atom stereocenters. The molecular formula is C18H20ClN3O2. The Morgan fingerprint density at radius 2 is 1.71 bits per heavy atom. The van der Waals surface area contributed by atoms with E-state index in [1.165, 1.54) is 6.92 Å². The number of anilines is 2. The first-order valence-corrected chi connectivity index (χ1v) is 7.95. The molecule has 0 spiro atoms. The fourth-order valence-corrected chi connectivity index (χ4v) is 2.32. The molecule has 0 aliphatic heterocycles. The largest absolute Gasteiger partial charge is 0.376 e. The molecule has 2 aromatic rings. The van der Waals surface area contributed by atoms with Crippen LogP contribution in [0.25, 0.3) is 0 Å².